The first-order chi connectivity index (χ1) is 6.07. The van der Waals surface area contributed by atoms with Crippen molar-refractivity contribution >= 4 is 17.5 Å². The number of hydrogen-bond donors (Lipinski definition) is 0. The molecule has 0 N–H and O–H groups in total. The Bertz CT molecular complexity index is 208. The first kappa shape index (κ1) is 11.8. The average Bonchev–Trinajstić information content (AvgIpc) is 2.04. The summed E-state index contributed by atoms with van der Waals surface area (Å²) in [6, 6.07) is 0. The summed E-state index contributed by atoms with van der Waals surface area (Å²) in [5.41, 5.74) is 0. The van der Waals surface area contributed by atoms with Gasteiger partial charge in [-0.2, -0.15) is 0 Å². The van der Waals surface area contributed by atoms with Crippen molar-refractivity contribution in [3.05, 3.63) is 0 Å². The van der Waals surface area contributed by atoms with Crippen LogP contribution in [0.3, 0.4) is 0 Å². The predicted octanol–water partition coefficient (Wildman–Crippen LogP) is 0.878. The molecule has 0 atom stereocenters. The van der Waals surface area contributed by atoms with Crippen molar-refractivity contribution < 1.29 is 19.1 Å². The third-order valence-electron chi connectivity index (χ3n) is 1.43. The minimum atomic E-state index is -0.871. The number of Topliss-reactive ketones (excluding diaryl/α,β-unsaturated/α-hetero) is 2. The highest BCUT2D eigenvalue weighted by Crippen LogP contribution is 1.95. The fourth-order valence-electron chi connectivity index (χ4n) is 0.763. The Morgan fingerprint density at radius 2 is 1.77 bits per heavy atom. The number of ether oxygens (including phenoxy) is 1. The maximum absolute atomic E-state index is 10.9. The lowest BCUT2D eigenvalue weighted by Gasteiger charge is -2.00. The van der Waals surface area contributed by atoms with E-state index >= 15 is 0 Å². The van der Waals surface area contributed by atoms with E-state index < -0.39 is 11.8 Å². The first-order valence-corrected chi connectivity index (χ1v) is 4.27. The zero-order chi connectivity index (χ0) is 10.3. The van der Waals surface area contributed by atoms with Gasteiger partial charge < -0.3 is 4.74 Å². The quantitative estimate of drug-likeness (QED) is 0.456. The predicted molar refractivity (Wildman–Crippen MR) is 46.2 cm³/mol. The number of carbonyl (C=O) groups excluding carboxylic acids is 3. The van der Waals surface area contributed by atoms with Crippen molar-refractivity contribution in [3.63, 3.8) is 0 Å². The van der Waals surface area contributed by atoms with Gasteiger partial charge in [0.05, 0.1) is 6.61 Å². The van der Waals surface area contributed by atoms with Crippen molar-refractivity contribution in [2.75, 3.05) is 6.61 Å². The van der Waals surface area contributed by atoms with Crippen LogP contribution >= 0.6 is 0 Å². The van der Waals surface area contributed by atoms with Crippen molar-refractivity contribution in [1.82, 2.24) is 0 Å². The Labute approximate surface area is 77.3 Å². The Morgan fingerprint density at radius 1 is 1.15 bits per heavy atom. The van der Waals surface area contributed by atoms with Gasteiger partial charge in [0.15, 0.2) is 0 Å². The van der Waals surface area contributed by atoms with Crippen LogP contribution < -0.4 is 0 Å². The molecule has 0 aromatic rings. The molecule has 0 aliphatic rings. The van der Waals surface area contributed by atoms with E-state index in [1.807, 2.05) is 6.92 Å². The van der Waals surface area contributed by atoms with Crippen LogP contribution in [0.1, 0.15) is 33.1 Å². The monoisotopic (exact) mass is 186 g/mol. The Balaban J connectivity index is 3.50. The van der Waals surface area contributed by atoms with Gasteiger partial charge in [-0.1, -0.05) is 6.92 Å². The van der Waals surface area contributed by atoms with Crippen LogP contribution in [0.4, 0.5) is 0 Å². The standard InChI is InChI=1S/C9H14O4/c1-3-4-8(11)5-6-13-9(12)7(2)10/h3-6H2,1-2H3. The number of esters is 1. The second-order valence-electron chi connectivity index (χ2n) is 2.73. The molecule has 0 aliphatic heterocycles. The largest absolute Gasteiger partial charge is 0.460 e. The third kappa shape index (κ3) is 6.02. The first-order valence-electron chi connectivity index (χ1n) is 4.27. The average molecular weight is 186 g/mol. The molecule has 0 heterocycles. The topological polar surface area (TPSA) is 60.4 Å². The molecule has 0 aromatic carbocycles. The molecule has 13 heavy (non-hydrogen) atoms. The molecule has 4 nitrogen and oxygen atoms in total. The normalized spacial score (nSPS) is 9.38. The van der Waals surface area contributed by atoms with Crippen LogP contribution in [-0.2, 0) is 19.1 Å². The summed E-state index contributed by atoms with van der Waals surface area (Å²) in [6.45, 7) is 3.05. The lowest BCUT2D eigenvalue weighted by Crippen LogP contribution is -2.15. The second-order valence-corrected chi connectivity index (χ2v) is 2.73. The van der Waals surface area contributed by atoms with Gasteiger partial charge in [-0.05, 0) is 6.42 Å². The van der Waals surface area contributed by atoms with E-state index in [1.54, 1.807) is 0 Å². The molecule has 0 radical (unpaired) electrons. The number of carbonyl (C=O) groups is 3. The minimum absolute atomic E-state index is 0.0112. The lowest BCUT2D eigenvalue weighted by atomic mass is 10.2. The molecule has 0 saturated carbocycles. The molecule has 0 fully saturated rings. The van der Waals surface area contributed by atoms with Gasteiger partial charge in [-0.25, -0.2) is 4.79 Å². The van der Waals surface area contributed by atoms with Crippen molar-refractivity contribution in [2.45, 2.75) is 33.1 Å². The van der Waals surface area contributed by atoms with Gasteiger partial charge in [0, 0.05) is 19.8 Å². The zero-order valence-corrected chi connectivity index (χ0v) is 7.96. The van der Waals surface area contributed by atoms with E-state index in [4.69, 9.17) is 0 Å². The Kier molecular flexibility index (Phi) is 5.76. The van der Waals surface area contributed by atoms with Gasteiger partial charge in [-0.15, -0.1) is 0 Å². The maximum Gasteiger partial charge on any atom is 0.374 e. The second kappa shape index (κ2) is 6.34. The SMILES string of the molecule is CCCC(=O)CCOC(=O)C(C)=O. The molecule has 0 spiro atoms. The smallest absolute Gasteiger partial charge is 0.374 e. The van der Waals surface area contributed by atoms with Crippen LogP contribution in [0.15, 0.2) is 0 Å². The summed E-state index contributed by atoms with van der Waals surface area (Å²) >= 11 is 0. The molecule has 0 aromatic heterocycles. The fourth-order valence-corrected chi connectivity index (χ4v) is 0.763. The van der Waals surface area contributed by atoms with E-state index in [9.17, 15) is 14.4 Å². The zero-order valence-electron chi connectivity index (χ0n) is 7.96. The van der Waals surface area contributed by atoms with E-state index in [0.717, 1.165) is 13.3 Å². The number of hydrogen-bond acceptors (Lipinski definition) is 4. The molecular weight excluding hydrogens is 172 g/mol. The van der Waals surface area contributed by atoms with Gasteiger partial charge in [0.25, 0.3) is 0 Å². The van der Waals surface area contributed by atoms with Crippen molar-refractivity contribution in [1.29, 1.82) is 0 Å². The number of rotatable bonds is 6. The molecular formula is C9H14O4. The molecule has 4 heteroatoms. The summed E-state index contributed by atoms with van der Waals surface area (Å²) in [6.07, 6.45) is 1.49. The Hall–Kier alpha value is -1.19. The van der Waals surface area contributed by atoms with Crippen LogP contribution in [0.25, 0.3) is 0 Å². The summed E-state index contributed by atoms with van der Waals surface area (Å²) < 4.78 is 4.51. The molecule has 0 bridgehead atoms. The fraction of sp³-hybridized carbons (Fsp3) is 0.667. The highest BCUT2D eigenvalue weighted by Gasteiger charge is 2.09. The summed E-state index contributed by atoms with van der Waals surface area (Å²) in [7, 11) is 0. The summed E-state index contributed by atoms with van der Waals surface area (Å²) in [5, 5.41) is 0. The van der Waals surface area contributed by atoms with Gasteiger partial charge >= 0.3 is 5.97 Å². The van der Waals surface area contributed by atoms with E-state index in [2.05, 4.69) is 4.74 Å². The molecule has 0 amide bonds. The highest BCUT2D eigenvalue weighted by atomic mass is 16.5. The molecule has 0 unspecified atom stereocenters. The number of ketones is 2. The van der Waals surface area contributed by atoms with E-state index in [-0.39, 0.29) is 18.8 Å². The Morgan fingerprint density at radius 3 is 2.23 bits per heavy atom. The van der Waals surface area contributed by atoms with Gasteiger partial charge in [-0.3, -0.25) is 9.59 Å². The van der Waals surface area contributed by atoms with Gasteiger partial charge in [0.2, 0.25) is 5.78 Å². The van der Waals surface area contributed by atoms with Crippen LogP contribution in [0, 0.1) is 0 Å². The summed E-state index contributed by atoms with van der Waals surface area (Å²) in [5.74, 6) is -1.45. The van der Waals surface area contributed by atoms with E-state index in [0.29, 0.717) is 6.42 Å². The van der Waals surface area contributed by atoms with Gasteiger partial charge in [0.1, 0.15) is 5.78 Å². The third-order valence-corrected chi connectivity index (χ3v) is 1.43. The lowest BCUT2D eigenvalue weighted by molar-refractivity contribution is -0.153. The van der Waals surface area contributed by atoms with Crippen molar-refractivity contribution in [3.8, 4) is 0 Å². The summed E-state index contributed by atoms with van der Waals surface area (Å²) in [4.78, 5) is 31.9. The highest BCUT2D eigenvalue weighted by molar-refractivity contribution is 6.32. The molecule has 74 valence electrons. The van der Waals surface area contributed by atoms with Crippen molar-refractivity contribution in [2.24, 2.45) is 0 Å². The molecule has 0 saturated heterocycles. The molecule has 0 rings (SSSR count). The minimum Gasteiger partial charge on any atom is -0.460 e. The van der Waals surface area contributed by atoms with Crippen LogP contribution in [-0.4, -0.2) is 24.1 Å². The van der Waals surface area contributed by atoms with Crippen LogP contribution in [0.5, 0.6) is 0 Å². The molecule has 0 aliphatic carbocycles. The van der Waals surface area contributed by atoms with E-state index in [1.165, 1.54) is 0 Å². The maximum atomic E-state index is 10.9. The van der Waals surface area contributed by atoms with Crippen LogP contribution in [0.2, 0.25) is 0 Å².